The van der Waals surface area contributed by atoms with E-state index < -0.39 is 0 Å². The lowest BCUT2D eigenvalue weighted by Gasteiger charge is -2.00. The van der Waals surface area contributed by atoms with Crippen LogP contribution in [0.3, 0.4) is 0 Å². The van der Waals surface area contributed by atoms with Gasteiger partial charge >= 0.3 is 0 Å². The van der Waals surface area contributed by atoms with Crippen LogP contribution in [-0.4, -0.2) is 28.4 Å². The van der Waals surface area contributed by atoms with Gasteiger partial charge in [0, 0.05) is 12.5 Å². The molecule has 1 aromatic rings. The number of rotatable bonds is 6. The van der Waals surface area contributed by atoms with Crippen molar-refractivity contribution in [3.05, 3.63) is 5.89 Å². The van der Waals surface area contributed by atoms with Crippen LogP contribution in [-0.2, 0) is 4.79 Å². The molecule has 5 nitrogen and oxygen atoms in total. The number of aromatic nitrogens is 2. The van der Waals surface area contributed by atoms with E-state index in [2.05, 4.69) is 15.5 Å². The maximum atomic E-state index is 11.3. The minimum Gasteiger partial charge on any atom is -0.416 e. The average Bonchev–Trinajstić information content (AvgIpc) is 2.72. The van der Waals surface area contributed by atoms with Crippen molar-refractivity contribution in [1.82, 2.24) is 15.5 Å². The van der Waals surface area contributed by atoms with Crippen LogP contribution in [0.5, 0.6) is 0 Å². The second-order valence-electron chi connectivity index (χ2n) is 3.70. The molecule has 1 rings (SSSR count). The zero-order valence-electron chi connectivity index (χ0n) is 9.82. The van der Waals surface area contributed by atoms with Gasteiger partial charge in [0.2, 0.25) is 11.8 Å². The van der Waals surface area contributed by atoms with Gasteiger partial charge in [-0.15, -0.1) is 10.2 Å². The first-order valence-corrected chi connectivity index (χ1v) is 6.35. The monoisotopic (exact) mass is 243 g/mol. The molecule has 0 aromatic carbocycles. The Hall–Kier alpha value is -1.04. The van der Waals surface area contributed by atoms with Gasteiger partial charge in [-0.25, -0.2) is 0 Å². The molecule has 0 fully saturated rings. The molecule has 0 spiro atoms. The van der Waals surface area contributed by atoms with E-state index in [1.165, 1.54) is 11.8 Å². The van der Waals surface area contributed by atoms with Crippen molar-refractivity contribution in [1.29, 1.82) is 0 Å². The quantitative estimate of drug-likeness (QED) is 0.772. The molecule has 0 aliphatic heterocycles. The van der Waals surface area contributed by atoms with E-state index in [-0.39, 0.29) is 11.8 Å². The maximum absolute atomic E-state index is 11.3. The Bertz CT molecular complexity index is 339. The molecule has 0 saturated carbocycles. The first-order chi connectivity index (χ1) is 7.63. The fourth-order valence-electron chi connectivity index (χ4n) is 0.955. The van der Waals surface area contributed by atoms with Crippen LogP contribution in [0.1, 0.15) is 39.0 Å². The fraction of sp³-hybridized carbons (Fsp3) is 0.700. The summed E-state index contributed by atoms with van der Waals surface area (Å²) in [5.41, 5.74) is 0. The van der Waals surface area contributed by atoms with Gasteiger partial charge < -0.3 is 9.73 Å². The third-order valence-corrected chi connectivity index (χ3v) is 2.63. The predicted octanol–water partition coefficient (Wildman–Crippen LogP) is 1.81. The number of amides is 1. The second-order valence-corrected chi connectivity index (χ2v) is 4.63. The summed E-state index contributed by atoms with van der Waals surface area (Å²) in [5.74, 6) is 1.14. The molecule has 0 atom stereocenters. The largest absolute Gasteiger partial charge is 0.416 e. The van der Waals surface area contributed by atoms with E-state index in [4.69, 9.17) is 4.42 Å². The first-order valence-electron chi connectivity index (χ1n) is 5.36. The van der Waals surface area contributed by atoms with Crippen molar-refractivity contribution in [2.45, 2.75) is 38.3 Å². The van der Waals surface area contributed by atoms with Crippen molar-refractivity contribution in [2.24, 2.45) is 0 Å². The molecule has 6 heteroatoms. The lowest BCUT2D eigenvalue weighted by Crippen LogP contribution is -2.25. The molecule has 1 aromatic heterocycles. The Morgan fingerprint density at radius 1 is 1.50 bits per heavy atom. The lowest BCUT2D eigenvalue weighted by molar-refractivity contribution is -0.118. The maximum Gasteiger partial charge on any atom is 0.277 e. The summed E-state index contributed by atoms with van der Waals surface area (Å²) in [5, 5.41) is 11.0. The van der Waals surface area contributed by atoms with Crippen molar-refractivity contribution in [3.63, 3.8) is 0 Å². The number of carbonyl (C=O) groups is 1. The zero-order chi connectivity index (χ0) is 12.0. The number of hydrogen-bond donors (Lipinski definition) is 1. The summed E-state index contributed by atoms with van der Waals surface area (Å²) in [4.78, 5) is 11.3. The van der Waals surface area contributed by atoms with Gasteiger partial charge in [-0.3, -0.25) is 4.79 Å². The van der Waals surface area contributed by atoms with Crippen LogP contribution in [0, 0.1) is 0 Å². The molecule has 0 bridgehead atoms. The van der Waals surface area contributed by atoms with Gasteiger partial charge in [0.25, 0.3) is 5.22 Å². The minimum atomic E-state index is -0.00357. The molecule has 0 unspecified atom stereocenters. The van der Waals surface area contributed by atoms with Gasteiger partial charge in [-0.05, 0) is 6.42 Å². The third kappa shape index (κ3) is 4.22. The highest BCUT2D eigenvalue weighted by molar-refractivity contribution is 7.99. The summed E-state index contributed by atoms with van der Waals surface area (Å²) >= 11 is 1.26. The standard InChI is InChI=1S/C10H17N3O2S/c1-4-5-11-8(14)6-16-10-13-12-9(15-10)7(2)3/h7H,4-6H2,1-3H3,(H,11,14). The molecule has 16 heavy (non-hydrogen) atoms. The average molecular weight is 243 g/mol. The molecule has 1 heterocycles. The summed E-state index contributed by atoms with van der Waals surface area (Å²) < 4.78 is 5.36. The molecule has 90 valence electrons. The molecule has 0 aliphatic carbocycles. The van der Waals surface area contributed by atoms with Crippen LogP contribution in [0.15, 0.2) is 9.64 Å². The van der Waals surface area contributed by atoms with E-state index in [1.54, 1.807) is 0 Å². The van der Waals surface area contributed by atoms with E-state index in [0.29, 0.717) is 23.4 Å². The van der Waals surface area contributed by atoms with Crippen molar-refractivity contribution >= 4 is 17.7 Å². The third-order valence-electron chi connectivity index (χ3n) is 1.81. The number of carbonyl (C=O) groups excluding carboxylic acids is 1. The van der Waals surface area contributed by atoms with Crippen molar-refractivity contribution < 1.29 is 9.21 Å². The van der Waals surface area contributed by atoms with E-state index >= 15 is 0 Å². The minimum absolute atomic E-state index is 0.00357. The second kappa shape index (κ2) is 6.52. The van der Waals surface area contributed by atoms with E-state index in [1.807, 2.05) is 20.8 Å². The van der Waals surface area contributed by atoms with Crippen molar-refractivity contribution in [3.8, 4) is 0 Å². The molecular formula is C10H17N3O2S. The summed E-state index contributed by atoms with van der Waals surface area (Å²) in [6.07, 6.45) is 0.939. The van der Waals surface area contributed by atoms with Crippen LogP contribution < -0.4 is 5.32 Å². The summed E-state index contributed by atoms with van der Waals surface area (Å²) in [6.45, 7) is 6.69. The normalized spacial score (nSPS) is 10.8. The predicted molar refractivity (Wildman–Crippen MR) is 62.4 cm³/mol. The van der Waals surface area contributed by atoms with E-state index in [0.717, 1.165) is 6.42 Å². The summed E-state index contributed by atoms with van der Waals surface area (Å²) in [6, 6.07) is 0. The number of nitrogens with one attached hydrogen (secondary N) is 1. The molecular weight excluding hydrogens is 226 g/mol. The van der Waals surface area contributed by atoms with Crippen LogP contribution in [0.2, 0.25) is 0 Å². The van der Waals surface area contributed by atoms with Gasteiger partial charge in [0.1, 0.15) is 0 Å². The van der Waals surface area contributed by atoms with E-state index in [9.17, 15) is 4.79 Å². The Morgan fingerprint density at radius 2 is 2.25 bits per heavy atom. The highest BCUT2D eigenvalue weighted by atomic mass is 32.2. The molecule has 0 aliphatic rings. The lowest BCUT2D eigenvalue weighted by atomic mass is 10.2. The highest BCUT2D eigenvalue weighted by Gasteiger charge is 2.11. The molecule has 1 amide bonds. The van der Waals surface area contributed by atoms with Gasteiger partial charge in [0.05, 0.1) is 5.75 Å². The zero-order valence-corrected chi connectivity index (χ0v) is 10.6. The first kappa shape index (κ1) is 13.0. The van der Waals surface area contributed by atoms with Crippen molar-refractivity contribution in [2.75, 3.05) is 12.3 Å². The Morgan fingerprint density at radius 3 is 2.81 bits per heavy atom. The highest BCUT2D eigenvalue weighted by Crippen LogP contribution is 2.19. The van der Waals surface area contributed by atoms with Gasteiger partial charge in [0.15, 0.2) is 0 Å². The summed E-state index contributed by atoms with van der Waals surface area (Å²) in [7, 11) is 0. The Balaban J connectivity index is 2.33. The Labute approximate surface area is 99.4 Å². The smallest absolute Gasteiger partial charge is 0.277 e. The van der Waals surface area contributed by atoms with Crippen LogP contribution in [0.25, 0.3) is 0 Å². The Kier molecular flexibility index (Phi) is 5.31. The molecule has 1 N–H and O–H groups in total. The fourth-order valence-corrected chi connectivity index (χ4v) is 1.55. The topological polar surface area (TPSA) is 68.0 Å². The molecule has 0 radical (unpaired) electrons. The molecule has 0 saturated heterocycles. The SMILES string of the molecule is CCCNC(=O)CSc1nnc(C(C)C)o1. The number of nitrogens with zero attached hydrogens (tertiary/aromatic N) is 2. The van der Waals surface area contributed by atoms with Gasteiger partial charge in [-0.2, -0.15) is 0 Å². The number of thioether (sulfide) groups is 1. The number of hydrogen-bond acceptors (Lipinski definition) is 5. The van der Waals surface area contributed by atoms with Crippen LogP contribution in [0.4, 0.5) is 0 Å². The van der Waals surface area contributed by atoms with Gasteiger partial charge in [-0.1, -0.05) is 32.5 Å². The van der Waals surface area contributed by atoms with Crippen LogP contribution >= 0.6 is 11.8 Å².